The van der Waals surface area contributed by atoms with Gasteiger partial charge in [-0.1, -0.05) is 19.0 Å². The quantitative estimate of drug-likeness (QED) is 0.833. The van der Waals surface area contributed by atoms with Gasteiger partial charge in [0.1, 0.15) is 6.26 Å². The normalized spacial score (nSPS) is 21.8. The number of rotatable bonds is 4. The fraction of sp³-hybridized carbons (Fsp3) is 0.800. The van der Waals surface area contributed by atoms with E-state index < -0.39 is 0 Å². The summed E-state index contributed by atoms with van der Waals surface area (Å²) in [5.74, 6) is 0. The summed E-state index contributed by atoms with van der Waals surface area (Å²) >= 11 is 0. The van der Waals surface area contributed by atoms with E-state index in [4.69, 9.17) is 4.52 Å². The Kier molecular flexibility index (Phi) is 3.63. The summed E-state index contributed by atoms with van der Waals surface area (Å²) in [6, 6.07) is 0. The Labute approximate surface area is 115 Å². The van der Waals surface area contributed by atoms with Crippen LogP contribution in [0.15, 0.2) is 10.8 Å². The molecule has 19 heavy (non-hydrogen) atoms. The molecule has 2 aliphatic heterocycles. The second-order valence-corrected chi connectivity index (χ2v) is 6.89. The van der Waals surface area contributed by atoms with Gasteiger partial charge in [0.2, 0.25) is 0 Å². The third-order valence-electron chi connectivity index (χ3n) is 4.29. The highest BCUT2D eigenvalue weighted by atomic mass is 16.5. The van der Waals surface area contributed by atoms with Crippen LogP contribution < -0.4 is 0 Å². The molecule has 0 amide bonds. The van der Waals surface area contributed by atoms with E-state index in [0.717, 1.165) is 31.7 Å². The minimum absolute atomic E-state index is 0.360. The Hall–Kier alpha value is -0.870. The monoisotopic (exact) mass is 263 g/mol. The van der Waals surface area contributed by atoms with E-state index >= 15 is 0 Å². The molecule has 0 N–H and O–H groups in total. The van der Waals surface area contributed by atoms with E-state index in [1.165, 1.54) is 38.0 Å². The summed E-state index contributed by atoms with van der Waals surface area (Å²) in [6.45, 7) is 11.9. The maximum absolute atomic E-state index is 5.07. The SMILES string of the molecule is CC(C)(CN1CCCC1)CN1CCc2nocc2C1. The third-order valence-corrected chi connectivity index (χ3v) is 4.29. The van der Waals surface area contributed by atoms with Crippen LogP contribution in [0, 0.1) is 5.41 Å². The van der Waals surface area contributed by atoms with Crippen LogP contribution in [0.25, 0.3) is 0 Å². The van der Waals surface area contributed by atoms with Gasteiger partial charge in [0.05, 0.1) is 5.69 Å². The average Bonchev–Trinajstić information content (AvgIpc) is 2.97. The van der Waals surface area contributed by atoms with E-state index in [9.17, 15) is 0 Å². The number of aromatic nitrogens is 1. The highest BCUT2D eigenvalue weighted by Crippen LogP contribution is 2.25. The number of fused-ring (bicyclic) bond motifs is 1. The Morgan fingerprint density at radius 1 is 1.16 bits per heavy atom. The second kappa shape index (κ2) is 5.25. The first-order chi connectivity index (χ1) is 9.12. The largest absolute Gasteiger partial charge is 0.364 e. The highest BCUT2D eigenvalue weighted by molar-refractivity contribution is 5.17. The van der Waals surface area contributed by atoms with Crippen LogP contribution in [-0.2, 0) is 13.0 Å². The molecular weight excluding hydrogens is 238 g/mol. The van der Waals surface area contributed by atoms with Gasteiger partial charge in [0.25, 0.3) is 0 Å². The van der Waals surface area contributed by atoms with Crippen molar-refractivity contribution in [3.8, 4) is 0 Å². The maximum atomic E-state index is 5.07. The molecule has 106 valence electrons. The van der Waals surface area contributed by atoms with Gasteiger partial charge in [-0.25, -0.2) is 0 Å². The summed E-state index contributed by atoms with van der Waals surface area (Å²) in [5.41, 5.74) is 2.80. The molecule has 1 aromatic rings. The smallest absolute Gasteiger partial charge is 0.128 e. The molecule has 1 saturated heterocycles. The summed E-state index contributed by atoms with van der Waals surface area (Å²) < 4.78 is 5.07. The van der Waals surface area contributed by atoms with Crippen molar-refractivity contribution in [2.45, 2.75) is 39.7 Å². The molecule has 3 rings (SSSR count). The first-order valence-corrected chi connectivity index (χ1v) is 7.49. The van der Waals surface area contributed by atoms with Gasteiger partial charge in [0.15, 0.2) is 0 Å². The lowest BCUT2D eigenvalue weighted by Gasteiger charge is -2.36. The lowest BCUT2D eigenvalue weighted by atomic mass is 9.91. The molecule has 1 fully saturated rings. The van der Waals surface area contributed by atoms with Crippen LogP contribution in [0.1, 0.15) is 37.9 Å². The molecule has 0 spiro atoms. The minimum Gasteiger partial charge on any atom is -0.364 e. The van der Waals surface area contributed by atoms with Crippen molar-refractivity contribution in [1.29, 1.82) is 0 Å². The molecule has 0 aromatic carbocycles. The third kappa shape index (κ3) is 3.18. The molecule has 0 bridgehead atoms. The van der Waals surface area contributed by atoms with Crippen molar-refractivity contribution in [1.82, 2.24) is 15.0 Å². The predicted octanol–water partition coefficient (Wildman–Crippen LogP) is 2.15. The molecule has 0 aliphatic carbocycles. The first kappa shape index (κ1) is 13.1. The first-order valence-electron chi connectivity index (χ1n) is 7.49. The molecule has 4 heteroatoms. The number of hydrogen-bond acceptors (Lipinski definition) is 4. The van der Waals surface area contributed by atoms with Crippen molar-refractivity contribution in [3.05, 3.63) is 17.5 Å². The highest BCUT2D eigenvalue weighted by Gasteiger charge is 2.28. The van der Waals surface area contributed by atoms with Gasteiger partial charge in [-0.2, -0.15) is 0 Å². The Morgan fingerprint density at radius 3 is 2.68 bits per heavy atom. The van der Waals surface area contributed by atoms with E-state index in [-0.39, 0.29) is 0 Å². The summed E-state index contributed by atoms with van der Waals surface area (Å²) in [4.78, 5) is 5.17. The zero-order valence-electron chi connectivity index (χ0n) is 12.2. The molecule has 4 nitrogen and oxygen atoms in total. The van der Waals surface area contributed by atoms with Crippen LogP contribution in [0.2, 0.25) is 0 Å². The average molecular weight is 263 g/mol. The molecule has 3 heterocycles. The number of likely N-dealkylation sites (tertiary alicyclic amines) is 1. The molecule has 0 atom stereocenters. The Morgan fingerprint density at radius 2 is 1.89 bits per heavy atom. The fourth-order valence-electron chi connectivity index (χ4n) is 3.54. The van der Waals surface area contributed by atoms with Gasteiger partial charge < -0.3 is 9.42 Å². The van der Waals surface area contributed by atoms with E-state index in [2.05, 4.69) is 28.8 Å². The van der Waals surface area contributed by atoms with Gasteiger partial charge in [-0.3, -0.25) is 4.90 Å². The molecule has 1 aromatic heterocycles. The van der Waals surface area contributed by atoms with Gasteiger partial charge in [-0.05, 0) is 31.3 Å². The van der Waals surface area contributed by atoms with Crippen LogP contribution in [0.3, 0.4) is 0 Å². The molecular formula is C15H25N3O. The van der Waals surface area contributed by atoms with Gasteiger partial charge in [0, 0.05) is 38.2 Å². The molecule has 2 aliphatic rings. The van der Waals surface area contributed by atoms with Crippen molar-refractivity contribution < 1.29 is 4.52 Å². The lowest BCUT2D eigenvalue weighted by molar-refractivity contribution is 0.124. The van der Waals surface area contributed by atoms with Crippen LogP contribution in [0.5, 0.6) is 0 Å². The van der Waals surface area contributed by atoms with E-state index in [0.29, 0.717) is 5.41 Å². The summed E-state index contributed by atoms with van der Waals surface area (Å²) in [7, 11) is 0. The van der Waals surface area contributed by atoms with Crippen molar-refractivity contribution in [2.24, 2.45) is 5.41 Å². The Bertz CT molecular complexity index is 421. The predicted molar refractivity (Wildman–Crippen MR) is 74.9 cm³/mol. The van der Waals surface area contributed by atoms with Crippen molar-refractivity contribution in [3.63, 3.8) is 0 Å². The van der Waals surface area contributed by atoms with Crippen LogP contribution in [-0.4, -0.2) is 47.7 Å². The van der Waals surface area contributed by atoms with Gasteiger partial charge in [-0.15, -0.1) is 0 Å². The molecule has 0 radical (unpaired) electrons. The van der Waals surface area contributed by atoms with Crippen molar-refractivity contribution in [2.75, 3.05) is 32.7 Å². The lowest BCUT2D eigenvalue weighted by Crippen LogP contribution is -2.43. The second-order valence-electron chi connectivity index (χ2n) is 6.89. The summed E-state index contributed by atoms with van der Waals surface area (Å²) in [6.07, 6.45) is 5.61. The van der Waals surface area contributed by atoms with E-state index in [1.54, 1.807) is 0 Å². The van der Waals surface area contributed by atoms with E-state index in [1.807, 2.05) is 6.26 Å². The number of nitrogens with zero attached hydrogens (tertiary/aromatic N) is 3. The number of hydrogen-bond donors (Lipinski definition) is 0. The fourth-order valence-corrected chi connectivity index (χ4v) is 3.54. The van der Waals surface area contributed by atoms with Crippen LogP contribution in [0.4, 0.5) is 0 Å². The van der Waals surface area contributed by atoms with Gasteiger partial charge >= 0.3 is 0 Å². The minimum atomic E-state index is 0.360. The standard InChI is InChI=1S/C15H25N3O/c1-15(2,11-17-6-3-4-7-17)12-18-8-5-14-13(9-18)10-19-16-14/h10H,3-9,11-12H2,1-2H3. The summed E-state index contributed by atoms with van der Waals surface area (Å²) in [5, 5.41) is 4.06. The maximum Gasteiger partial charge on any atom is 0.128 e. The van der Waals surface area contributed by atoms with Crippen LogP contribution >= 0.6 is 0 Å². The van der Waals surface area contributed by atoms with Crippen molar-refractivity contribution >= 4 is 0 Å². The topological polar surface area (TPSA) is 32.5 Å². The zero-order valence-corrected chi connectivity index (χ0v) is 12.2. The Balaban J connectivity index is 1.55. The molecule has 0 unspecified atom stereocenters. The molecule has 0 saturated carbocycles. The zero-order chi connectivity index (χ0) is 13.3.